The highest BCUT2D eigenvalue weighted by Crippen LogP contribution is 2.17. The number of nitrogens with one attached hydrogen (secondary N) is 2. The molecule has 0 aromatic heterocycles. The Bertz CT molecular complexity index is 696. The highest BCUT2D eigenvalue weighted by atomic mass is 16.5. The number of aliphatic imine (C=N–C) groups is 1. The van der Waals surface area contributed by atoms with Crippen LogP contribution in [-0.2, 0) is 11.2 Å². The molecule has 1 heterocycles. The van der Waals surface area contributed by atoms with Gasteiger partial charge in [-0.1, -0.05) is 24.3 Å². The Kier molecular flexibility index (Phi) is 6.90. The molecular weight excluding hydrogens is 326 g/mol. The van der Waals surface area contributed by atoms with E-state index in [2.05, 4.69) is 52.0 Å². The Morgan fingerprint density at radius 1 is 1.00 bits per heavy atom. The third-order valence-electron chi connectivity index (χ3n) is 4.13. The van der Waals surface area contributed by atoms with Crippen LogP contribution < -0.4 is 15.4 Å². The molecular formula is C21H27N3O2. The number of hydrogen-bond donors (Lipinski definition) is 2. The predicted octanol–water partition coefficient (Wildman–Crippen LogP) is 3.45. The van der Waals surface area contributed by atoms with E-state index in [9.17, 15) is 0 Å². The number of ether oxygens (including phenoxy) is 2. The van der Waals surface area contributed by atoms with Crippen LogP contribution in [0.3, 0.4) is 0 Å². The van der Waals surface area contributed by atoms with Gasteiger partial charge in [-0.2, -0.15) is 0 Å². The van der Waals surface area contributed by atoms with E-state index in [4.69, 9.17) is 9.47 Å². The molecule has 1 aliphatic heterocycles. The van der Waals surface area contributed by atoms with Crippen molar-refractivity contribution in [3.63, 3.8) is 0 Å². The Labute approximate surface area is 155 Å². The van der Waals surface area contributed by atoms with Gasteiger partial charge in [0.05, 0.1) is 13.2 Å². The van der Waals surface area contributed by atoms with Crippen LogP contribution in [0.15, 0.2) is 53.5 Å². The molecule has 5 heteroatoms. The summed E-state index contributed by atoms with van der Waals surface area (Å²) < 4.78 is 11.0. The lowest BCUT2D eigenvalue weighted by Crippen LogP contribution is -2.26. The molecule has 0 unspecified atom stereocenters. The molecule has 26 heavy (non-hydrogen) atoms. The van der Waals surface area contributed by atoms with Gasteiger partial charge in [0.25, 0.3) is 0 Å². The first-order chi connectivity index (χ1) is 12.8. The average molecular weight is 353 g/mol. The average Bonchev–Trinajstić information content (AvgIpc) is 3.18. The molecule has 1 aliphatic rings. The fourth-order valence-corrected chi connectivity index (χ4v) is 2.76. The van der Waals surface area contributed by atoms with Crippen LogP contribution in [0.25, 0.3) is 0 Å². The van der Waals surface area contributed by atoms with Crippen LogP contribution in [0.4, 0.5) is 5.69 Å². The SMILES string of the molecule is CCOCCCOc1ccc(Cc2ccc(NC3=NCCN3)cc2)cc1. The number of benzene rings is 2. The van der Waals surface area contributed by atoms with Crippen LogP contribution in [-0.4, -0.2) is 38.9 Å². The molecule has 2 N–H and O–H groups in total. The van der Waals surface area contributed by atoms with Gasteiger partial charge in [0.2, 0.25) is 0 Å². The van der Waals surface area contributed by atoms with E-state index in [1.165, 1.54) is 11.1 Å². The van der Waals surface area contributed by atoms with E-state index < -0.39 is 0 Å². The van der Waals surface area contributed by atoms with Gasteiger partial charge in [-0.15, -0.1) is 0 Å². The highest BCUT2D eigenvalue weighted by molar-refractivity contribution is 5.94. The topological polar surface area (TPSA) is 54.9 Å². The smallest absolute Gasteiger partial charge is 0.195 e. The van der Waals surface area contributed by atoms with Crippen molar-refractivity contribution in [3.05, 3.63) is 59.7 Å². The summed E-state index contributed by atoms with van der Waals surface area (Å²) in [4.78, 5) is 4.34. The molecule has 0 radical (unpaired) electrons. The molecule has 0 fully saturated rings. The Balaban J connectivity index is 1.46. The number of anilines is 1. The molecule has 138 valence electrons. The summed E-state index contributed by atoms with van der Waals surface area (Å²) in [6, 6.07) is 16.8. The third kappa shape index (κ3) is 5.77. The Hall–Kier alpha value is -2.53. The molecule has 0 saturated carbocycles. The van der Waals surface area contributed by atoms with E-state index in [0.717, 1.165) is 56.5 Å². The van der Waals surface area contributed by atoms with Crippen LogP contribution in [0.5, 0.6) is 5.75 Å². The van der Waals surface area contributed by atoms with Gasteiger partial charge >= 0.3 is 0 Å². The second-order valence-electron chi connectivity index (χ2n) is 6.20. The first-order valence-electron chi connectivity index (χ1n) is 9.27. The maximum atomic E-state index is 5.73. The van der Waals surface area contributed by atoms with E-state index in [0.29, 0.717) is 6.61 Å². The summed E-state index contributed by atoms with van der Waals surface area (Å²) in [5.74, 6) is 1.77. The molecule has 0 saturated heterocycles. The minimum Gasteiger partial charge on any atom is -0.494 e. The Morgan fingerprint density at radius 2 is 1.73 bits per heavy atom. The van der Waals surface area contributed by atoms with Crippen molar-refractivity contribution in [1.82, 2.24) is 5.32 Å². The van der Waals surface area contributed by atoms with Crippen molar-refractivity contribution in [2.75, 3.05) is 38.2 Å². The van der Waals surface area contributed by atoms with E-state index >= 15 is 0 Å². The lowest BCUT2D eigenvalue weighted by atomic mass is 10.0. The zero-order valence-corrected chi connectivity index (χ0v) is 15.3. The van der Waals surface area contributed by atoms with Crippen molar-refractivity contribution in [1.29, 1.82) is 0 Å². The standard InChI is InChI=1S/C21H27N3O2/c1-2-25-14-3-15-26-20-10-6-18(7-11-20)16-17-4-8-19(9-5-17)24-21-22-12-13-23-21/h4-11H,2-3,12-16H2,1H3,(H2,22,23,24). The van der Waals surface area contributed by atoms with Gasteiger partial charge in [0, 0.05) is 31.9 Å². The highest BCUT2D eigenvalue weighted by Gasteiger charge is 2.05. The zero-order valence-electron chi connectivity index (χ0n) is 15.3. The van der Waals surface area contributed by atoms with Gasteiger partial charge in [0.1, 0.15) is 5.75 Å². The quantitative estimate of drug-likeness (QED) is 0.678. The molecule has 0 amide bonds. The van der Waals surface area contributed by atoms with Gasteiger partial charge in [-0.25, -0.2) is 0 Å². The van der Waals surface area contributed by atoms with Crippen LogP contribution in [0.1, 0.15) is 24.5 Å². The zero-order chi connectivity index (χ0) is 18.0. The van der Waals surface area contributed by atoms with Crippen molar-refractivity contribution in [3.8, 4) is 5.75 Å². The maximum absolute atomic E-state index is 5.73. The molecule has 0 bridgehead atoms. The predicted molar refractivity (Wildman–Crippen MR) is 106 cm³/mol. The van der Waals surface area contributed by atoms with Gasteiger partial charge in [-0.05, 0) is 48.7 Å². The summed E-state index contributed by atoms with van der Waals surface area (Å²) in [5.41, 5.74) is 3.61. The van der Waals surface area contributed by atoms with Crippen molar-refractivity contribution >= 4 is 11.6 Å². The van der Waals surface area contributed by atoms with Gasteiger partial charge in [-0.3, -0.25) is 4.99 Å². The largest absolute Gasteiger partial charge is 0.494 e. The number of guanidine groups is 1. The molecule has 5 nitrogen and oxygen atoms in total. The number of nitrogens with zero attached hydrogens (tertiary/aromatic N) is 1. The summed E-state index contributed by atoms with van der Waals surface area (Å²) in [5, 5.41) is 6.49. The number of hydrogen-bond acceptors (Lipinski definition) is 5. The minimum atomic E-state index is 0.688. The normalized spacial score (nSPS) is 13.2. The lowest BCUT2D eigenvalue weighted by molar-refractivity contribution is 0.131. The monoisotopic (exact) mass is 353 g/mol. The summed E-state index contributed by atoms with van der Waals surface area (Å²) >= 11 is 0. The van der Waals surface area contributed by atoms with Crippen molar-refractivity contribution < 1.29 is 9.47 Å². The molecule has 0 atom stereocenters. The molecule has 0 spiro atoms. The lowest BCUT2D eigenvalue weighted by Gasteiger charge is -2.09. The summed E-state index contributed by atoms with van der Waals surface area (Å²) in [7, 11) is 0. The minimum absolute atomic E-state index is 0.688. The molecule has 2 aromatic carbocycles. The summed E-state index contributed by atoms with van der Waals surface area (Å²) in [6.45, 7) is 5.96. The second kappa shape index (κ2) is 9.82. The van der Waals surface area contributed by atoms with Gasteiger partial charge < -0.3 is 20.1 Å². The van der Waals surface area contributed by atoms with Crippen LogP contribution >= 0.6 is 0 Å². The fourth-order valence-electron chi connectivity index (χ4n) is 2.76. The first kappa shape index (κ1) is 18.3. The van der Waals surface area contributed by atoms with E-state index in [1.54, 1.807) is 0 Å². The first-order valence-corrected chi connectivity index (χ1v) is 9.27. The maximum Gasteiger partial charge on any atom is 0.195 e. The Morgan fingerprint density at radius 3 is 2.38 bits per heavy atom. The van der Waals surface area contributed by atoms with Crippen LogP contribution in [0.2, 0.25) is 0 Å². The fraction of sp³-hybridized carbons (Fsp3) is 0.381. The van der Waals surface area contributed by atoms with Crippen molar-refractivity contribution in [2.24, 2.45) is 4.99 Å². The second-order valence-corrected chi connectivity index (χ2v) is 6.20. The molecule has 0 aliphatic carbocycles. The number of rotatable bonds is 9. The van der Waals surface area contributed by atoms with Crippen LogP contribution in [0, 0.1) is 0 Å². The summed E-state index contributed by atoms with van der Waals surface area (Å²) in [6.07, 6.45) is 1.82. The van der Waals surface area contributed by atoms with E-state index in [1.807, 2.05) is 19.1 Å². The van der Waals surface area contributed by atoms with Crippen molar-refractivity contribution in [2.45, 2.75) is 19.8 Å². The molecule has 2 aromatic rings. The third-order valence-corrected chi connectivity index (χ3v) is 4.13. The molecule has 3 rings (SSSR count). The van der Waals surface area contributed by atoms with Gasteiger partial charge in [0.15, 0.2) is 5.96 Å². The van der Waals surface area contributed by atoms with E-state index in [-0.39, 0.29) is 0 Å².